The maximum atomic E-state index is 12.5. The first kappa shape index (κ1) is 20.7. The van der Waals surface area contributed by atoms with Crippen LogP contribution in [-0.4, -0.2) is 19.1 Å². The molecule has 4 nitrogen and oxygen atoms in total. The first-order valence-corrected chi connectivity index (χ1v) is 10.2. The molecule has 0 fully saturated rings. The van der Waals surface area contributed by atoms with E-state index < -0.39 is 0 Å². The van der Waals surface area contributed by atoms with Gasteiger partial charge in [-0.3, -0.25) is 4.79 Å². The number of amides is 1. The number of ether oxygens (including phenoxy) is 2. The summed E-state index contributed by atoms with van der Waals surface area (Å²) in [6, 6.07) is 19.7. The quantitative estimate of drug-likeness (QED) is 0.517. The molecule has 1 amide bonds. The van der Waals surface area contributed by atoms with E-state index in [-0.39, 0.29) is 5.91 Å². The van der Waals surface area contributed by atoms with Crippen molar-refractivity contribution in [1.82, 2.24) is 5.32 Å². The van der Waals surface area contributed by atoms with Crippen molar-refractivity contribution in [2.45, 2.75) is 33.8 Å². The number of fused-ring (bicyclic) bond motifs is 1. The van der Waals surface area contributed by atoms with Gasteiger partial charge in [0.1, 0.15) is 18.1 Å². The van der Waals surface area contributed by atoms with Crippen LogP contribution in [0.15, 0.2) is 60.7 Å². The van der Waals surface area contributed by atoms with Crippen molar-refractivity contribution in [3.05, 3.63) is 71.8 Å². The minimum atomic E-state index is -0.0693. The highest BCUT2D eigenvalue weighted by atomic mass is 16.5. The molecule has 0 saturated carbocycles. The van der Waals surface area contributed by atoms with E-state index in [1.165, 1.54) is 0 Å². The van der Waals surface area contributed by atoms with Gasteiger partial charge in [0.15, 0.2) is 0 Å². The molecule has 0 atom stereocenters. The Morgan fingerprint density at radius 2 is 1.76 bits per heavy atom. The van der Waals surface area contributed by atoms with Gasteiger partial charge in [-0.25, -0.2) is 0 Å². The van der Waals surface area contributed by atoms with Gasteiger partial charge in [-0.05, 0) is 48.9 Å². The van der Waals surface area contributed by atoms with Crippen LogP contribution in [0.4, 0.5) is 0 Å². The van der Waals surface area contributed by atoms with E-state index >= 15 is 0 Å². The van der Waals surface area contributed by atoms with Gasteiger partial charge < -0.3 is 14.8 Å². The zero-order valence-corrected chi connectivity index (χ0v) is 17.4. The lowest BCUT2D eigenvalue weighted by atomic mass is 10.1. The monoisotopic (exact) mass is 391 g/mol. The van der Waals surface area contributed by atoms with Crippen molar-refractivity contribution >= 4 is 16.7 Å². The molecule has 0 spiro atoms. The largest absolute Gasteiger partial charge is 0.493 e. The molecule has 0 unspecified atom stereocenters. The van der Waals surface area contributed by atoms with E-state index in [1.807, 2.05) is 49.4 Å². The van der Waals surface area contributed by atoms with E-state index in [9.17, 15) is 4.79 Å². The summed E-state index contributed by atoms with van der Waals surface area (Å²) < 4.78 is 11.9. The second kappa shape index (κ2) is 9.97. The maximum absolute atomic E-state index is 12.5. The summed E-state index contributed by atoms with van der Waals surface area (Å²) in [7, 11) is 0. The summed E-state index contributed by atoms with van der Waals surface area (Å²) >= 11 is 0. The smallest absolute Gasteiger partial charge is 0.251 e. The van der Waals surface area contributed by atoms with Crippen LogP contribution in [0.2, 0.25) is 0 Å². The van der Waals surface area contributed by atoms with Crippen LogP contribution in [0.3, 0.4) is 0 Å². The third-order valence-corrected chi connectivity index (χ3v) is 4.76. The molecule has 0 radical (unpaired) electrons. The molecule has 3 aromatic carbocycles. The maximum Gasteiger partial charge on any atom is 0.251 e. The van der Waals surface area contributed by atoms with Gasteiger partial charge in [0.25, 0.3) is 5.91 Å². The third kappa shape index (κ3) is 5.50. The zero-order chi connectivity index (χ0) is 20.6. The van der Waals surface area contributed by atoms with Crippen LogP contribution in [-0.2, 0) is 6.61 Å². The van der Waals surface area contributed by atoms with Crippen molar-refractivity contribution in [3.63, 3.8) is 0 Å². The van der Waals surface area contributed by atoms with Crippen LogP contribution in [0, 0.1) is 5.92 Å². The number of rotatable bonds is 9. The minimum absolute atomic E-state index is 0.0693. The van der Waals surface area contributed by atoms with Crippen LogP contribution in [0.1, 0.15) is 43.1 Å². The highest BCUT2D eigenvalue weighted by molar-refractivity contribution is 5.94. The van der Waals surface area contributed by atoms with E-state index in [1.54, 1.807) is 6.07 Å². The average molecular weight is 392 g/mol. The standard InChI is InChI=1S/C25H29NO3/c1-4-28-23-13-12-20(25(27)26-15-14-18(2)3)16-21(23)17-29-24-11-7-9-19-8-5-6-10-22(19)24/h5-13,16,18H,4,14-15,17H2,1-3H3,(H,26,27). The predicted octanol–water partition coefficient (Wildman–Crippen LogP) is 5.59. The molecule has 3 aromatic rings. The highest BCUT2D eigenvalue weighted by Gasteiger charge is 2.12. The summed E-state index contributed by atoms with van der Waals surface area (Å²) in [5.74, 6) is 2.05. The number of carbonyl (C=O) groups excluding carboxylic acids is 1. The van der Waals surface area contributed by atoms with Crippen molar-refractivity contribution in [2.75, 3.05) is 13.2 Å². The molecule has 0 bridgehead atoms. The molecule has 0 aliphatic heterocycles. The van der Waals surface area contributed by atoms with Crippen LogP contribution >= 0.6 is 0 Å². The molecule has 29 heavy (non-hydrogen) atoms. The van der Waals surface area contributed by atoms with Crippen molar-refractivity contribution in [3.8, 4) is 11.5 Å². The number of hydrogen-bond acceptors (Lipinski definition) is 3. The highest BCUT2D eigenvalue weighted by Crippen LogP contribution is 2.28. The van der Waals surface area contributed by atoms with Gasteiger partial charge in [0.05, 0.1) is 6.61 Å². The molecule has 0 aliphatic rings. The Kier molecular flexibility index (Phi) is 7.12. The Balaban J connectivity index is 1.78. The Hall–Kier alpha value is -3.01. The van der Waals surface area contributed by atoms with Gasteiger partial charge in [0, 0.05) is 23.1 Å². The molecule has 152 valence electrons. The lowest BCUT2D eigenvalue weighted by molar-refractivity contribution is 0.0952. The number of benzene rings is 3. The van der Waals surface area contributed by atoms with Gasteiger partial charge in [-0.1, -0.05) is 50.2 Å². The van der Waals surface area contributed by atoms with Crippen molar-refractivity contribution < 1.29 is 14.3 Å². The molecule has 3 rings (SSSR count). The third-order valence-electron chi connectivity index (χ3n) is 4.76. The lowest BCUT2D eigenvalue weighted by Gasteiger charge is -2.14. The molecule has 0 aromatic heterocycles. The fourth-order valence-corrected chi connectivity index (χ4v) is 3.18. The molecule has 4 heteroatoms. The second-order valence-corrected chi connectivity index (χ2v) is 7.46. The second-order valence-electron chi connectivity index (χ2n) is 7.46. The average Bonchev–Trinajstić information content (AvgIpc) is 2.72. The Bertz CT molecular complexity index is 960. The number of carbonyl (C=O) groups is 1. The normalized spacial score (nSPS) is 10.9. The summed E-state index contributed by atoms with van der Waals surface area (Å²) in [5, 5.41) is 5.18. The molecule has 0 aliphatic carbocycles. The lowest BCUT2D eigenvalue weighted by Crippen LogP contribution is -2.25. The molecular weight excluding hydrogens is 362 g/mol. The topological polar surface area (TPSA) is 47.6 Å². The van der Waals surface area contributed by atoms with E-state index in [2.05, 4.69) is 31.3 Å². The molecule has 0 saturated heterocycles. The molecule has 0 heterocycles. The summed E-state index contributed by atoms with van der Waals surface area (Å²) in [5.41, 5.74) is 1.48. The molecule has 1 N–H and O–H groups in total. The summed E-state index contributed by atoms with van der Waals surface area (Å²) in [6.07, 6.45) is 0.958. The van der Waals surface area contributed by atoms with E-state index in [0.717, 1.165) is 34.3 Å². The fourth-order valence-electron chi connectivity index (χ4n) is 3.18. The first-order valence-electron chi connectivity index (χ1n) is 10.2. The molecular formula is C25H29NO3. The van der Waals surface area contributed by atoms with Crippen molar-refractivity contribution in [1.29, 1.82) is 0 Å². The fraction of sp³-hybridized carbons (Fsp3) is 0.320. The summed E-state index contributed by atoms with van der Waals surface area (Å²) in [4.78, 5) is 12.5. The Morgan fingerprint density at radius 3 is 2.55 bits per heavy atom. The van der Waals surface area contributed by atoms with E-state index in [0.29, 0.717) is 31.2 Å². The van der Waals surface area contributed by atoms with Gasteiger partial charge in [-0.2, -0.15) is 0 Å². The van der Waals surface area contributed by atoms with Crippen LogP contribution < -0.4 is 14.8 Å². The Morgan fingerprint density at radius 1 is 0.966 bits per heavy atom. The Labute approximate surface area is 172 Å². The zero-order valence-electron chi connectivity index (χ0n) is 17.4. The minimum Gasteiger partial charge on any atom is -0.493 e. The van der Waals surface area contributed by atoms with Crippen molar-refractivity contribution in [2.24, 2.45) is 5.92 Å². The van der Waals surface area contributed by atoms with Gasteiger partial charge in [0.2, 0.25) is 0 Å². The van der Waals surface area contributed by atoms with Crippen LogP contribution in [0.25, 0.3) is 10.8 Å². The SMILES string of the molecule is CCOc1ccc(C(=O)NCCC(C)C)cc1COc1cccc2ccccc12. The van der Waals surface area contributed by atoms with E-state index in [4.69, 9.17) is 9.47 Å². The van der Waals surface area contributed by atoms with Gasteiger partial charge >= 0.3 is 0 Å². The van der Waals surface area contributed by atoms with Crippen LogP contribution in [0.5, 0.6) is 11.5 Å². The van der Waals surface area contributed by atoms with Gasteiger partial charge in [-0.15, -0.1) is 0 Å². The first-order chi connectivity index (χ1) is 14.1. The number of hydrogen-bond donors (Lipinski definition) is 1. The predicted molar refractivity (Wildman–Crippen MR) is 118 cm³/mol. The number of nitrogens with one attached hydrogen (secondary N) is 1. The summed E-state index contributed by atoms with van der Waals surface area (Å²) in [6.45, 7) is 7.79.